The average Bonchev–Trinajstić information content (AvgIpc) is 2.75. The zero-order chi connectivity index (χ0) is 12.4. The SMILES string of the molecule is O=C(O)c1cc(-c2ccccc2)[nH]c1C(F)F. The first-order chi connectivity index (χ1) is 8.09. The summed E-state index contributed by atoms with van der Waals surface area (Å²) < 4.78 is 25.2. The van der Waals surface area contributed by atoms with Crippen molar-refractivity contribution in [3.05, 3.63) is 47.7 Å². The topological polar surface area (TPSA) is 53.1 Å². The average molecular weight is 237 g/mol. The molecule has 0 bridgehead atoms. The summed E-state index contributed by atoms with van der Waals surface area (Å²) in [5.41, 5.74) is 0.0930. The van der Waals surface area contributed by atoms with Gasteiger partial charge in [-0.1, -0.05) is 30.3 Å². The Hall–Kier alpha value is -2.17. The van der Waals surface area contributed by atoms with Crippen molar-refractivity contribution >= 4 is 5.97 Å². The lowest BCUT2D eigenvalue weighted by Gasteiger charge is -1.98. The molecule has 0 atom stereocenters. The molecule has 0 fully saturated rings. The first kappa shape index (κ1) is 11.3. The molecule has 0 amide bonds. The molecule has 1 aromatic carbocycles. The van der Waals surface area contributed by atoms with E-state index in [1.165, 1.54) is 6.07 Å². The maximum atomic E-state index is 12.6. The van der Waals surface area contributed by atoms with Gasteiger partial charge in [-0.2, -0.15) is 0 Å². The predicted octanol–water partition coefficient (Wildman–Crippen LogP) is 3.32. The lowest BCUT2D eigenvalue weighted by atomic mass is 10.1. The molecule has 5 heteroatoms. The van der Waals surface area contributed by atoms with Crippen molar-refractivity contribution in [2.24, 2.45) is 0 Å². The van der Waals surface area contributed by atoms with Crippen molar-refractivity contribution in [3.8, 4) is 11.3 Å². The number of hydrogen-bond donors (Lipinski definition) is 2. The van der Waals surface area contributed by atoms with E-state index in [4.69, 9.17) is 5.11 Å². The Balaban J connectivity index is 2.51. The fraction of sp³-hybridized carbons (Fsp3) is 0.0833. The Bertz CT molecular complexity index is 535. The van der Waals surface area contributed by atoms with Crippen molar-refractivity contribution in [1.29, 1.82) is 0 Å². The molecule has 2 rings (SSSR count). The molecular formula is C12H9F2NO2. The smallest absolute Gasteiger partial charge is 0.337 e. The molecule has 0 aliphatic carbocycles. The van der Waals surface area contributed by atoms with Gasteiger partial charge in [-0.25, -0.2) is 13.6 Å². The molecule has 88 valence electrons. The van der Waals surface area contributed by atoms with Gasteiger partial charge < -0.3 is 10.1 Å². The van der Waals surface area contributed by atoms with E-state index in [1.807, 2.05) is 0 Å². The second kappa shape index (κ2) is 4.37. The van der Waals surface area contributed by atoms with E-state index in [0.29, 0.717) is 11.3 Å². The number of H-pyrrole nitrogens is 1. The summed E-state index contributed by atoms with van der Waals surface area (Å²) in [6.07, 6.45) is -2.83. The Kier molecular flexibility index (Phi) is 2.91. The fourth-order valence-corrected chi connectivity index (χ4v) is 1.59. The van der Waals surface area contributed by atoms with Crippen LogP contribution in [0.4, 0.5) is 8.78 Å². The highest BCUT2D eigenvalue weighted by atomic mass is 19.3. The minimum absolute atomic E-state index is 0.373. The number of aromatic amines is 1. The highest BCUT2D eigenvalue weighted by Gasteiger charge is 2.21. The quantitative estimate of drug-likeness (QED) is 0.860. The molecule has 0 aliphatic rings. The molecule has 1 heterocycles. The van der Waals surface area contributed by atoms with Gasteiger partial charge in [-0.05, 0) is 11.6 Å². The second-order valence-electron chi connectivity index (χ2n) is 3.48. The van der Waals surface area contributed by atoms with Gasteiger partial charge in [0.25, 0.3) is 6.43 Å². The van der Waals surface area contributed by atoms with Crippen LogP contribution in [0.1, 0.15) is 22.5 Å². The Morgan fingerprint density at radius 3 is 2.35 bits per heavy atom. The van der Waals surface area contributed by atoms with Gasteiger partial charge in [-0.3, -0.25) is 0 Å². The summed E-state index contributed by atoms with van der Waals surface area (Å²) in [5, 5.41) is 8.82. The van der Waals surface area contributed by atoms with E-state index in [9.17, 15) is 13.6 Å². The van der Waals surface area contributed by atoms with Crippen LogP contribution in [0.25, 0.3) is 11.3 Å². The molecule has 0 unspecified atom stereocenters. The van der Waals surface area contributed by atoms with Crippen LogP contribution in [0.2, 0.25) is 0 Å². The monoisotopic (exact) mass is 237 g/mol. The normalized spacial score (nSPS) is 10.8. The van der Waals surface area contributed by atoms with Gasteiger partial charge in [0.2, 0.25) is 0 Å². The predicted molar refractivity (Wildman–Crippen MR) is 58.1 cm³/mol. The molecule has 17 heavy (non-hydrogen) atoms. The number of carbonyl (C=O) groups is 1. The second-order valence-corrected chi connectivity index (χ2v) is 3.48. The maximum absolute atomic E-state index is 12.6. The van der Waals surface area contributed by atoms with Crippen molar-refractivity contribution in [2.45, 2.75) is 6.43 Å². The van der Waals surface area contributed by atoms with Crippen LogP contribution in [0.15, 0.2) is 36.4 Å². The summed E-state index contributed by atoms with van der Waals surface area (Å²) in [7, 11) is 0. The summed E-state index contributed by atoms with van der Waals surface area (Å²) >= 11 is 0. The fourth-order valence-electron chi connectivity index (χ4n) is 1.59. The number of nitrogens with one attached hydrogen (secondary N) is 1. The highest BCUT2D eigenvalue weighted by molar-refractivity contribution is 5.91. The molecule has 0 saturated heterocycles. The molecule has 1 aromatic heterocycles. The maximum Gasteiger partial charge on any atom is 0.337 e. The first-order valence-electron chi connectivity index (χ1n) is 4.89. The van der Waals surface area contributed by atoms with Crippen molar-refractivity contribution < 1.29 is 18.7 Å². The van der Waals surface area contributed by atoms with Crippen LogP contribution in [0.3, 0.4) is 0 Å². The standard InChI is InChI=1S/C12H9F2NO2/c13-11(14)10-8(12(16)17)6-9(15-10)7-4-2-1-3-5-7/h1-6,11,15H,(H,16,17). The zero-order valence-electron chi connectivity index (χ0n) is 8.65. The molecule has 2 aromatic rings. The van der Waals surface area contributed by atoms with Gasteiger partial charge in [0.1, 0.15) is 0 Å². The number of aromatic carboxylic acids is 1. The summed E-state index contributed by atoms with van der Waals surface area (Å²) in [6.45, 7) is 0. The lowest BCUT2D eigenvalue weighted by Crippen LogP contribution is -1.99. The Morgan fingerprint density at radius 2 is 1.88 bits per heavy atom. The van der Waals surface area contributed by atoms with Crippen LogP contribution in [-0.2, 0) is 0 Å². The number of carboxylic acids is 1. The van der Waals surface area contributed by atoms with Gasteiger partial charge >= 0.3 is 5.97 Å². The molecule has 0 saturated carbocycles. The summed E-state index contributed by atoms with van der Waals surface area (Å²) in [5.74, 6) is -1.36. The molecule has 3 nitrogen and oxygen atoms in total. The van der Waals surface area contributed by atoms with Gasteiger partial charge in [-0.15, -0.1) is 0 Å². The van der Waals surface area contributed by atoms with Crippen LogP contribution >= 0.6 is 0 Å². The number of carboxylic acid groups (broad SMARTS) is 1. The van der Waals surface area contributed by atoms with Crippen molar-refractivity contribution in [2.75, 3.05) is 0 Å². The third-order valence-corrected chi connectivity index (χ3v) is 2.38. The molecule has 0 aliphatic heterocycles. The Labute approximate surface area is 95.7 Å². The number of alkyl halides is 2. The number of hydrogen-bond acceptors (Lipinski definition) is 1. The van der Waals surface area contributed by atoms with Crippen LogP contribution in [0.5, 0.6) is 0 Å². The van der Waals surface area contributed by atoms with E-state index >= 15 is 0 Å². The van der Waals surface area contributed by atoms with Crippen LogP contribution in [-0.4, -0.2) is 16.1 Å². The van der Waals surface area contributed by atoms with Gasteiger partial charge in [0.05, 0.1) is 11.3 Å². The van der Waals surface area contributed by atoms with E-state index in [1.54, 1.807) is 30.3 Å². The number of benzene rings is 1. The number of rotatable bonds is 3. The minimum Gasteiger partial charge on any atom is -0.478 e. The molecule has 2 N–H and O–H groups in total. The van der Waals surface area contributed by atoms with Gasteiger partial charge in [0, 0.05) is 5.69 Å². The largest absolute Gasteiger partial charge is 0.478 e. The van der Waals surface area contributed by atoms with Crippen molar-refractivity contribution in [1.82, 2.24) is 4.98 Å². The zero-order valence-corrected chi connectivity index (χ0v) is 8.65. The number of aromatic nitrogens is 1. The van der Waals surface area contributed by atoms with Crippen LogP contribution < -0.4 is 0 Å². The van der Waals surface area contributed by atoms with Crippen LogP contribution in [0, 0.1) is 0 Å². The van der Waals surface area contributed by atoms with Gasteiger partial charge in [0.15, 0.2) is 0 Å². The van der Waals surface area contributed by atoms with Crippen molar-refractivity contribution in [3.63, 3.8) is 0 Å². The number of halogens is 2. The van der Waals surface area contributed by atoms with E-state index < -0.39 is 18.1 Å². The molecule has 0 radical (unpaired) electrons. The molecule has 0 spiro atoms. The third-order valence-electron chi connectivity index (χ3n) is 2.38. The third kappa shape index (κ3) is 2.18. The highest BCUT2D eigenvalue weighted by Crippen LogP contribution is 2.28. The van der Waals surface area contributed by atoms with E-state index in [2.05, 4.69) is 4.98 Å². The Morgan fingerprint density at radius 1 is 1.24 bits per heavy atom. The van der Waals surface area contributed by atoms with E-state index in [0.717, 1.165) is 0 Å². The minimum atomic E-state index is -2.83. The summed E-state index contributed by atoms with van der Waals surface area (Å²) in [6, 6.07) is 9.94. The lowest BCUT2D eigenvalue weighted by molar-refractivity contribution is 0.0684. The first-order valence-corrected chi connectivity index (χ1v) is 4.89. The van der Waals surface area contributed by atoms with E-state index in [-0.39, 0.29) is 5.56 Å². The summed E-state index contributed by atoms with van der Waals surface area (Å²) in [4.78, 5) is 13.3. The molecular weight excluding hydrogens is 228 g/mol.